The molecule has 348 valence electrons. The predicted molar refractivity (Wildman–Crippen MR) is 312 cm³/mol. The van der Waals surface area contributed by atoms with Gasteiger partial charge in [-0.2, -0.15) is 9.97 Å². The van der Waals surface area contributed by atoms with E-state index in [2.05, 4.69) is 250 Å². The lowest BCUT2D eigenvalue weighted by atomic mass is 9.92. The van der Waals surface area contributed by atoms with Gasteiger partial charge in [0.25, 0.3) is 0 Å². The molecule has 75 heavy (non-hydrogen) atoms. The number of benzene rings is 12. The summed E-state index contributed by atoms with van der Waals surface area (Å²) in [6.07, 6.45) is 0. The Bertz CT molecular complexity index is 4970. The molecule has 0 atom stereocenters. The Balaban J connectivity index is 1.00. The fourth-order valence-corrected chi connectivity index (χ4v) is 12.3. The van der Waals surface area contributed by atoms with Crippen LogP contribution in [0.1, 0.15) is 0 Å². The van der Waals surface area contributed by atoms with Crippen LogP contribution in [0, 0.1) is 0 Å². The van der Waals surface area contributed by atoms with E-state index in [1.807, 2.05) is 18.2 Å². The predicted octanol–water partition coefficient (Wildman–Crippen LogP) is 17.6. The highest BCUT2D eigenvalue weighted by atomic mass is 15.2. The van der Waals surface area contributed by atoms with Gasteiger partial charge in [0, 0.05) is 54.7 Å². The fraction of sp³-hybridized carbons (Fsp3) is 0. The summed E-state index contributed by atoms with van der Waals surface area (Å²) in [5.41, 5.74) is 12.7. The first-order valence-electron chi connectivity index (χ1n) is 25.5. The number of nitrogens with zero attached hydrogens (tertiary/aromatic N) is 6. The molecule has 0 radical (unpaired) electrons. The van der Waals surface area contributed by atoms with Crippen LogP contribution >= 0.6 is 0 Å². The van der Waals surface area contributed by atoms with Gasteiger partial charge in [-0.15, -0.1) is 0 Å². The van der Waals surface area contributed by atoms with Crippen molar-refractivity contribution in [2.24, 2.45) is 0 Å². The second-order valence-electron chi connectivity index (χ2n) is 19.5. The summed E-state index contributed by atoms with van der Waals surface area (Å²) in [4.78, 5) is 16.5. The summed E-state index contributed by atoms with van der Waals surface area (Å²) in [6.45, 7) is 0. The van der Waals surface area contributed by atoms with Crippen LogP contribution in [0.3, 0.4) is 0 Å². The van der Waals surface area contributed by atoms with Crippen molar-refractivity contribution in [2.75, 3.05) is 0 Å². The van der Waals surface area contributed by atoms with E-state index in [0.717, 1.165) is 93.7 Å². The van der Waals surface area contributed by atoms with Gasteiger partial charge in [0.2, 0.25) is 5.95 Å². The molecule has 0 bridgehead atoms. The van der Waals surface area contributed by atoms with Crippen molar-refractivity contribution in [1.29, 1.82) is 0 Å². The molecule has 0 spiro atoms. The van der Waals surface area contributed by atoms with Gasteiger partial charge in [-0.05, 0) is 86.4 Å². The van der Waals surface area contributed by atoms with Gasteiger partial charge in [-0.3, -0.25) is 4.57 Å². The summed E-state index contributed by atoms with van der Waals surface area (Å²) >= 11 is 0. The zero-order valence-corrected chi connectivity index (χ0v) is 40.4. The molecule has 4 aromatic heterocycles. The lowest BCUT2D eigenvalue weighted by Gasteiger charge is -2.17. The van der Waals surface area contributed by atoms with E-state index in [-0.39, 0.29) is 0 Å². The quantitative estimate of drug-likeness (QED) is 0.156. The van der Waals surface area contributed by atoms with Gasteiger partial charge in [0.1, 0.15) is 0 Å². The maximum Gasteiger partial charge on any atom is 0.238 e. The standard InChI is InChI=1S/C69H42N6/c1-3-20-43(21-4-1)67-70-68(57-32-19-37-63-64(57)56-31-14-18-36-62(56)73(63)45-22-5-2-6-23-45)72-69(71-67)75-61-35-17-13-30-53(61)55-41-40-54-52-29-12-16-34-60(52)74(65(54)66(55)75)59-33-15-11-24-46(59)44-38-39-51-49-27-8-7-25-47(49)48-26-9-10-28-50(48)58(51)42-44/h1-42H. The van der Waals surface area contributed by atoms with Crippen LogP contribution in [0.5, 0.6) is 0 Å². The monoisotopic (exact) mass is 954 g/mol. The highest BCUT2D eigenvalue weighted by molar-refractivity contribution is 6.27. The van der Waals surface area contributed by atoms with E-state index in [0.29, 0.717) is 17.6 Å². The molecule has 0 aliphatic carbocycles. The van der Waals surface area contributed by atoms with Crippen LogP contribution in [-0.2, 0) is 0 Å². The molecule has 0 N–H and O–H groups in total. The summed E-state index contributed by atoms with van der Waals surface area (Å²) in [5.74, 6) is 1.74. The van der Waals surface area contributed by atoms with E-state index < -0.39 is 0 Å². The Hall–Kier alpha value is -10.2. The first-order chi connectivity index (χ1) is 37.2. The Labute approximate surface area is 430 Å². The van der Waals surface area contributed by atoms with Crippen molar-refractivity contribution in [3.8, 4) is 51.2 Å². The zero-order valence-electron chi connectivity index (χ0n) is 40.4. The van der Waals surface area contributed by atoms with Crippen molar-refractivity contribution in [2.45, 2.75) is 0 Å². The van der Waals surface area contributed by atoms with E-state index in [9.17, 15) is 0 Å². The number of hydrogen-bond donors (Lipinski definition) is 0. The molecule has 12 aromatic carbocycles. The molecular weight excluding hydrogens is 913 g/mol. The minimum absolute atomic E-state index is 0.542. The van der Waals surface area contributed by atoms with Crippen molar-refractivity contribution in [1.82, 2.24) is 28.7 Å². The molecule has 0 amide bonds. The number of hydrogen-bond acceptors (Lipinski definition) is 3. The summed E-state index contributed by atoms with van der Waals surface area (Å²) in [7, 11) is 0. The lowest BCUT2D eigenvalue weighted by Crippen LogP contribution is -2.07. The molecule has 0 aliphatic heterocycles. The third-order valence-corrected chi connectivity index (χ3v) is 15.5. The number of fused-ring (bicyclic) bond motifs is 16. The van der Waals surface area contributed by atoms with Crippen LogP contribution < -0.4 is 0 Å². The maximum absolute atomic E-state index is 5.64. The van der Waals surface area contributed by atoms with Gasteiger partial charge in [0.05, 0.1) is 38.8 Å². The van der Waals surface area contributed by atoms with Gasteiger partial charge < -0.3 is 9.13 Å². The molecular formula is C69H42N6. The average molecular weight is 955 g/mol. The van der Waals surface area contributed by atoms with Gasteiger partial charge in [0.15, 0.2) is 11.6 Å². The minimum atomic E-state index is 0.542. The summed E-state index contributed by atoms with van der Waals surface area (Å²) in [6, 6.07) is 91.6. The summed E-state index contributed by atoms with van der Waals surface area (Å²) < 4.78 is 7.12. The molecule has 6 heteroatoms. The second-order valence-corrected chi connectivity index (χ2v) is 19.5. The van der Waals surface area contributed by atoms with E-state index in [4.69, 9.17) is 15.0 Å². The molecule has 0 saturated heterocycles. The van der Waals surface area contributed by atoms with Crippen LogP contribution in [0.4, 0.5) is 0 Å². The largest absolute Gasteiger partial charge is 0.309 e. The minimum Gasteiger partial charge on any atom is -0.309 e. The number of para-hydroxylation sites is 5. The first-order valence-corrected chi connectivity index (χ1v) is 25.5. The average Bonchev–Trinajstić information content (AvgIpc) is 4.16. The van der Waals surface area contributed by atoms with Crippen LogP contribution in [0.2, 0.25) is 0 Å². The molecule has 16 rings (SSSR count). The van der Waals surface area contributed by atoms with E-state index in [1.54, 1.807) is 0 Å². The van der Waals surface area contributed by atoms with E-state index >= 15 is 0 Å². The third kappa shape index (κ3) is 6.11. The Morgan fingerprint density at radius 2 is 0.720 bits per heavy atom. The molecule has 0 unspecified atom stereocenters. The topological polar surface area (TPSA) is 53.5 Å². The summed E-state index contributed by atoms with van der Waals surface area (Å²) in [5, 5.41) is 14.3. The van der Waals surface area contributed by atoms with Crippen LogP contribution in [0.25, 0.3) is 149 Å². The Morgan fingerprint density at radius 3 is 1.40 bits per heavy atom. The highest BCUT2D eigenvalue weighted by Crippen LogP contribution is 2.45. The third-order valence-electron chi connectivity index (χ3n) is 15.5. The molecule has 16 aromatic rings. The zero-order chi connectivity index (χ0) is 49.1. The molecule has 0 fully saturated rings. The normalized spacial score (nSPS) is 12.0. The van der Waals surface area contributed by atoms with Crippen molar-refractivity contribution < 1.29 is 0 Å². The second kappa shape index (κ2) is 16.2. The molecule has 0 saturated carbocycles. The van der Waals surface area contributed by atoms with Crippen LogP contribution in [-0.4, -0.2) is 28.7 Å². The lowest BCUT2D eigenvalue weighted by molar-refractivity contribution is 0.954. The SMILES string of the molecule is c1ccc(-c2nc(-c3cccc4c3c3ccccc3n4-c3ccccc3)nc(-n3c4ccccc4c4ccc5c6ccccc6n(-c6ccccc6-c6ccc7c8ccccc8c8ccccc8c7c6)c5c43)n2)cc1. The van der Waals surface area contributed by atoms with Crippen molar-refractivity contribution >= 4 is 97.7 Å². The highest BCUT2D eigenvalue weighted by Gasteiger charge is 2.26. The fourth-order valence-electron chi connectivity index (χ4n) is 12.3. The molecule has 6 nitrogen and oxygen atoms in total. The molecule has 0 aliphatic rings. The Kier molecular flexibility index (Phi) is 8.94. The van der Waals surface area contributed by atoms with Gasteiger partial charge in [-0.1, -0.05) is 206 Å². The number of rotatable bonds is 6. The maximum atomic E-state index is 5.64. The van der Waals surface area contributed by atoms with Gasteiger partial charge in [-0.25, -0.2) is 4.98 Å². The first kappa shape index (κ1) is 41.4. The van der Waals surface area contributed by atoms with E-state index in [1.165, 1.54) is 37.7 Å². The number of aromatic nitrogens is 6. The van der Waals surface area contributed by atoms with Crippen LogP contribution in [0.15, 0.2) is 255 Å². The smallest absolute Gasteiger partial charge is 0.238 e. The Morgan fingerprint density at radius 1 is 0.253 bits per heavy atom. The molecule has 4 heterocycles. The van der Waals surface area contributed by atoms with Crippen molar-refractivity contribution in [3.05, 3.63) is 255 Å². The van der Waals surface area contributed by atoms with Gasteiger partial charge >= 0.3 is 0 Å². The van der Waals surface area contributed by atoms with Crippen molar-refractivity contribution in [3.63, 3.8) is 0 Å².